The van der Waals surface area contributed by atoms with Gasteiger partial charge in [0.05, 0.1) is 12.3 Å². The molecule has 0 aromatic carbocycles. The maximum atomic E-state index is 12.0. The first-order chi connectivity index (χ1) is 9.20. The molecule has 4 nitrogen and oxygen atoms in total. The number of anilines is 1. The van der Waals surface area contributed by atoms with E-state index in [2.05, 4.69) is 6.92 Å². The Balaban J connectivity index is 1.92. The van der Waals surface area contributed by atoms with Crippen LogP contribution in [0, 0.1) is 0 Å². The van der Waals surface area contributed by atoms with Gasteiger partial charge in [-0.15, -0.1) is 11.3 Å². The second-order valence-corrected chi connectivity index (χ2v) is 5.35. The molecule has 0 aliphatic rings. The summed E-state index contributed by atoms with van der Waals surface area (Å²) >= 11 is 1.67. The molecule has 0 amide bonds. The van der Waals surface area contributed by atoms with Crippen LogP contribution in [0.25, 0.3) is 0 Å². The number of ether oxygens (including phenoxy) is 1. The molecule has 2 aromatic heterocycles. The molecule has 0 bridgehead atoms. The lowest BCUT2D eigenvalue weighted by molar-refractivity contribution is 0.0497. The third-order valence-electron chi connectivity index (χ3n) is 2.75. The van der Waals surface area contributed by atoms with Gasteiger partial charge in [0, 0.05) is 24.0 Å². The van der Waals surface area contributed by atoms with Gasteiger partial charge in [0.2, 0.25) is 0 Å². The zero-order chi connectivity index (χ0) is 13.7. The molecule has 0 fully saturated rings. The lowest BCUT2D eigenvalue weighted by Gasteiger charge is -2.07. The first-order valence-electron chi connectivity index (χ1n) is 6.36. The average molecular weight is 278 g/mol. The Hall–Kier alpha value is -1.75. The normalized spacial score (nSPS) is 10.6. The van der Waals surface area contributed by atoms with Crippen molar-refractivity contribution in [3.8, 4) is 0 Å². The van der Waals surface area contributed by atoms with E-state index < -0.39 is 0 Å². The van der Waals surface area contributed by atoms with E-state index in [0.29, 0.717) is 18.0 Å². The Morgan fingerprint density at radius 3 is 3.05 bits per heavy atom. The summed E-state index contributed by atoms with van der Waals surface area (Å²) in [6, 6.07) is 5.70. The van der Waals surface area contributed by atoms with Crippen molar-refractivity contribution in [2.75, 3.05) is 12.3 Å². The summed E-state index contributed by atoms with van der Waals surface area (Å²) in [7, 11) is 0. The second kappa shape index (κ2) is 6.43. The number of aryl methyl sites for hydroxylation is 1. The number of nitrogens with two attached hydrogens (primary N) is 1. The molecule has 2 rings (SSSR count). The quantitative estimate of drug-likeness (QED) is 0.826. The average Bonchev–Trinajstić information content (AvgIpc) is 2.99. The zero-order valence-corrected chi connectivity index (χ0v) is 11.8. The highest BCUT2D eigenvalue weighted by atomic mass is 32.1. The molecule has 0 aliphatic heterocycles. The molecule has 0 aliphatic carbocycles. The van der Waals surface area contributed by atoms with Crippen LogP contribution in [-0.2, 0) is 17.7 Å². The Labute approximate surface area is 116 Å². The van der Waals surface area contributed by atoms with Crippen LogP contribution in [0.2, 0.25) is 0 Å². The minimum atomic E-state index is -0.304. The number of nitrogens with zero attached hydrogens (tertiary/aromatic N) is 1. The minimum Gasteiger partial charge on any atom is -0.461 e. The monoisotopic (exact) mass is 278 g/mol. The fraction of sp³-hybridized carbons (Fsp3) is 0.357. The number of nitrogen functional groups attached to an aromatic ring is 1. The van der Waals surface area contributed by atoms with Crippen LogP contribution in [0.15, 0.2) is 29.8 Å². The fourth-order valence-electron chi connectivity index (χ4n) is 1.90. The Bertz CT molecular complexity index is 532. The number of thiophene rings is 1. The Morgan fingerprint density at radius 1 is 1.53 bits per heavy atom. The van der Waals surface area contributed by atoms with Crippen molar-refractivity contribution in [3.63, 3.8) is 0 Å². The van der Waals surface area contributed by atoms with Crippen LogP contribution in [-0.4, -0.2) is 17.1 Å². The van der Waals surface area contributed by atoms with Gasteiger partial charge in [-0.05, 0) is 23.9 Å². The number of rotatable bonds is 6. The van der Waals surface area contributed by atoms with Crippen LogP contribution in [0.1, 0.15) is 28.7 Å². The summed E-state index contributed by atoms with van der Waals surface area (Å²) in [4.78, 5) is 13.2. The van der Waals surface area contributed by atoms with Crippen molar-refractivity contribution in [2.45, 2.75) is 26.3 Å². The summed E-state index contributed by atoms with van der Waals surface area (Å²) in [6.45, 7) is 3.23. The van der Waals surface area contributed by atoms with E-state index in [9.17, 15) is 4.79 Å². The summed E-state index contributed by atoms with van der Waals surface area (Å²) < 4.78 is 7.14. The van der Waals surface area contributed by atoms with Crippen molar-refractivity contribution in [1.29, 1.82) is 0 Å². The topological polar surface area (TPSA) is 57.2 Å². The number of carbonyl (C=O) groups excluding carboxylic acids is 1. The van der Waals surface area contributed by atoms with Gasteiger partial charge in [-0.3, -0.25) is 0 Å². The number of hydrogen-bond donors (Lipinski definition) is 1. The highest BCUT2D eigenvalue weighted by molar-refractivity contribution is 7.09. The van der Waals surface area contributed by atoms with Gasteiger partial charge >= 0.3 is 5.97 Å². The van der Waals surface area contributed by atoms with Gasteiger partial charge in [-0.25, -0.2) is 4.79 Å². The molecular weight excluding hydrogens is 260 g/mol. The summed E-state index contributed by atoms with van der Waals surface area (Å²) in [5.74, 6) is -0.304. The molecular formula is C14H18N2O2S. The maximum Gasteiger partial charge on any atom is 0.355 e. The molecule has 0 saturated heterocycles. The standard InChI is InChI=1S/C14H18N2O2S/c1-2-6-16-10-11(15)9-13(16)14(17)18-7-5-12-4-3-8-19-12/h3-4,8-10H,2,5-7,15H2,1H3. The third-order valence-corrected chi connectivity index (χ3v) is 3.69. The largest absolute Gasteiger partial charge is 0.461 e. The van der Waals surface area contributed by atoms with E-state index in [-0.39, 0.29) is 5.97 Å². The van der Waals surface area contributed by atoms with Crippen LogP contribution >= 0.6 is 11.3 Å². The molecule has 0 atom stereocenters. The van der Waals surface area contributed by atoms with Crippen LogP contribution in [0.5, 0.6) is 0 Å². The minimum absolute atomic E-state index is 0.304. The number of aromatic nitrogens is 1. The molecule has 0 saturated carbocycles. The predicted molar refractivity (Wildman–Crippen MR) is 77.4 cm³/mol. The van der Waals surface area contributed by atoms with Gasteiger partial charge in [0.1, 0.15) is 5.69 Å². The van der Waals surface area contributed by atoms with E-state index >= 15 is 0 Å². The van der Waals surface area contributed by atoms with E-state index in [1.54, 1.807) is 23.6 Å². The fourth-order valence-corrected chi connectivity index (χ4v) is 2.59. The molecule has 0 unspecified atom stereocenters. The van der Waals surface area contributed by atoms with Gasteiger partial charge in [-0.1, -0.05) is 13.0 Å². The van der Waals surface area contributed by atoms with Crippen molar-refractivity contribution < 1.29 is 9.53 Å². The SMILES string of the molecule is CCCn1cc(N)cc1C(=O)OCCc1cccs1. The highest BCUT2D eigenvalue weighted by Gasteiger charge is 2.13. The van der Waals surface area contributed by atoms with E-state index in [1.807, 2.05) is 22.1 Å². The smallest absolute Gasteiger partial charge is 0.355 e. The predicted octanol–water partition coefficient (Wildman–Crippen LogP) is 2.94. The molecule has 2 aromatic rings. The van der Waals surface area contributed by atoms with Crippen LogP contribution in [0.4, 0.5) is 5.69 Å². The second-order valence-electron chi connectivity index (χ2n) is 4.32. The number of hydrogen-bond acceptors (Lipinski definition) is 4. The molecule has 0 radical (unpaired) electrons. The van der Waals surface area contributed by atoms with Crippen LogP contribution in [0.3, 0.4) is 0 Å². The first kappa shape index (κ1) is 13.7. The van der Waals surface area contributed by atoms with E-state index in [0.717, 1.165) is 19.4 Å². The summed E-state index contributed by atoms with van der Waals surface area (Å²) in [5, 5.41) is 2.02. The molecule has 2 N–H and O–H groups in total. The van der Waals surface area contributed by atoms with Crippen molar-refractivity contribution >= 4 is 23.0 Å². The Kier molecular flexibility index (Phi) is 4.63. The van der Waals surface area contributed by atoms with Gasteiger partial charge in [0.25, 0.3) is 0 Å². The van der Waals surface area contributed by atoms with Crippen molar-refractivity contribution in [1.82, 2.24) is 4.57 Å². The third kappa shape index (κ3) is 3.61. The van der Waals surface area contributed by atoms with Gasteiger partial charge in [0.15, 0.2) is 0 Å². The molecule has 5 heteroatoms. The van der Waals surface area contributed by atoms with Crippen molar-refractivity contribution in [2.24, 2.45) is 0 Å². The molecule has 102 valence electrons. The summed E-state index contributed by atoms with van der Waals surface area (Å²) in [5.41, 5.74) is 6.86. The van der Waals surface area contributed by atoms with Gasteiger partial charge in [-0.2, -0.15) is 0 Å². The lowest BCUT2D eigenvalue weighted by Crippen LogP contribution is -2.13. The first-order valence-corrected chi connectivity index (χ1v) is 7.24. The number of carbonyl (C=O) groups is 1. The lowest BCUT2D eigenvalue weighted by atomic mass is 10.3. The highest BCUT2D eigenvalue weighted by Crippen LogP contribution is 2.14. The Morgan fingerprint density at radius 2 is 2.37 bits per heavy atom. The van der Waals surface area contributed by atoms with Crippen LogP contribution < -0.4 is 5.73 Å². The zero-order valence-electron chi connectivity index (χ0n) is 11.0. The van der Waals surface area contributed by atoms with Crippen molar-refractivity contribution in [3.05, 3.63) is 40.3 Å². The summed E-state index contributed by atoms with van der Waals surface area (Å²) in [6.07, 6.45) is 3.48. The molecule has 2 heterocycles. The number of esters is 1. The molecule has 19 heavy (non-hydrogen) atoms. The van der Waals surface area contributed by atoms with E-state index in [1.165, 1.54) is 4.88 Å². The maximum absolute atomic E-state index is 12.0. The molecule has 0 spiro atoms. The van der Waals surface area contributed by atoms with Gasteiger partial charge < -0.3 is 15.0 Å². The van der Waals surface area contributed by atoms with E-state index in [4.69, 9.17) is 10.5 Å².